The maximum absolute atomic E-state index is 11.3. The fourth-order valence-corrected chi connectivity index (χ4v) is 1.91. The van der Waals surface area contributed by atoms with E-state index in [9.17, 15) is 9.90 Å². The molecular weight excluding hydrogens is 222 g/mol. The van der Waals surface area contributed by atoms with Crippen LogP contribution in [0, 0.1) is 11.3 Å². The van der Waals surface area contributed by atoms with Crippen molar-refractivity contribution in [1.29, 1.82) is 5.26 Å². The molecule has 1 fully saturated rings. The van der Waals surface area contributed by atoms with Crippen molar-refractivity contribution in [2.75, 3.05) is 39.9 Å². The van der Waals surface area contributed by atoms with Crippen LogP contribution < -0.4 is 5.32 Å². The molecule has 0 radical (unpaired) electrons. The number of carbonyl (C=O) groups excluding carboxylic acids is 1. The summed E-state index contributed by atoms with van der Waals surface area (Å²) in [4.78, 5) is 13.1. The predicted molar refractivity (Wildman–Crippen MR) is 61.1 cm³/mol. The molecule has 0 aliphatic carbocycles. The summed E-state index contributed by atoms with van der Waals surface area (Å²) in [6.07, 6.45) is 1.19. The third-order valence-corrected chi connectivity index (χ3v) is 2.77. The van der Waals surface area contributed by atoms with Crippen LogP contribution in [0.3, 0.4) is 0 Å². The summed E-state index contributed by atoms with van der Waals surface area (Å²) in [6.45, 7) is 1.77. The number of amides is 1. The molecule has 0 atom stereocenters. The molecular formula is C11H19N3O3. The van der Waals surface area contributed by atoms with Crippen LogP contribution in [0.5, 0.6) is 0 Å². The molecule has 1 amide bonds. The fraction of sp³-hybridized carbons (Fsp3) is 0.818. The van der Waals surface area contributed by atoms with Crippen LogP contribution in [0.15, 0.2) is 0 Å². The lowest BCUT2D eigenvalue weighted by molar-refractivity contribution is -0.123. The first-order chi connectivity index (χ1) is 8.06. The van der Waals surface area contributed by atoms with E-state index in [2.05, 4.69) is 5.32 Å². The predicted octanol–water partition coefficient (Wildman–Crippen LogP) is -0.901. The first kappa shape index (κ1) is 13.9. The molecule has 0 aromatic carbocycles. The summed E-state index contributed by atoms with van der Waals surface area (Å²) >= 11 is 0. The van der Waals surface area contributed by atoms with Crippen LogP contribution >= 0.6 is 0 Å². The maximum Gasteiger partial charge on any atom is 0.234 e. The zero-order valence-corrected chi connectivity index (χ0v) is 10.1. The molecule has 0 saturated carbocycles. The number of ether oxygens (including phenoxy) is 1. The topological polar surface area (TPSA) is 85.6 Å². The molecule has 96 valence electrons. The van der Waals surface area contributed by atoms with Gasteiger partial charge in [0.2, 0.25) is 5.91 Å². The van der Waals surface area contributed by atoms with E-state index in [4.69, 9.17) is 10.00 Å². The van der Waals surface area contributed by atoms with E-state index in [0.717, 1.165) is 0 Å². The minimum atomic E-state index is -0.761. The normalized spacial score (nSPS) is 18.7. The van der Waals surface area contributed by atoms with Crippen LogP contribution in [0.1, 0.15) is 12.8 Å². The van der Waals surface area contributed by atoms with Gasteiger partial charge in [-0.05, 0) is 7.05 Å². The molecule has 1 heterocycles. The van der Waals surface area contributed by atoms with Gasteiger partial charge >= 0.3 is 0 Å². The number of hydrogen-bond donors (Lipinski definition) is 2. The molecule has 17 heavy (non-hydrogen) atoms. The van der Waals surface area contributed by atoms with E-state index in [1.54, 1.807) is 11.9 Å². The van der Waals surface area contributed by atoms with Crippen LogP contribution in [-0.4, -0.2) is 61.4 Å². The summed E-state index contributed by atoms with van der Waals surface area (Å²) in [6, 6.07) is 1.84. The Morgan fingerprint density at radius 3 is 2.82 bits per heavy atom. The van der Waals surface area contributed by atoms with Crippen LogP contribution in [0.4, 0.5) is 0 Å². The highest BCUT2D eigenvalue weighted by Crippen LogP contribution is 2.20. The quantitative estimate of drug-likeness (QED) is 0.609. The number of nitrogens with zero attached hydrogens (tertiary/aromatic N) is 2. The van der Waals surface area contributed by atoms with Crippen molar-refractivity contribution in [1.82, 2.24) is 10.2 Å². The minimum Gasteiger partial charge on any atom is -0.388 e. The zero-order chi connectivity index (χ0) is 12.7. The zero-order valence-electron chi connectivity index (χ0n) is 10.1. The van der Waals surface area contributed by atoms with Gasteiger partial charge in [0.1, 0.15) is 6.54 Å². The van der Waals surface area contributed by atoms with E-state index >= 15 is 0 Å². The average molecular weight is 241 g/mol. The molecule has 0 bridgehead atoms. The third kappa shape index (κ3) is 5.13. The van der Waals surface area contributed by atoms with Gasteiger partial charge in [-0.15, -0.1) is 0 Å². The number of nitriles is 1. The lowest BCUT2D eigenvalue weighted by Gasteiger charge is -2.35. The lowest BCUT2D eigenvalue weighted by atomic mass is 9.94. The largest absolute Gasteiger partial charge is 0.388 e. The van der Waals surface area contributed by atoms with Crippen molar-refractivity contribution < 1.29 is 14.6 Å². The Kier molecular flexibility index (Phi) is 5.35. The highest BCUT2D eigenvalue weighted by atomic mass is 16.5. The molecule has 1 aliphatic rings. The molecule has 6 heteroatoms. The number of likely N-dealkylation sites (N-methyl/N-ethyl adjacent to an activating group) is 1. The standard InChI is InChI=1S/C11H19N3O3/c1-14(8-10(15)13-5-4-12)9-11(16)2-6-17-7-3-11/h16H,2-3,5-9H2,1H3,(H,13,15). The summed E-state index contributed by atoms with van der Waals surface area (Å²) in [5, 5.41) is 21.0. The van der Waals surface area contributed by atoms with E-state index in [1.807, 2.05) is 6.07 Å². The van der Waals surface area contributed by atoms with Crippen molar-refractivity contribution >= 4 is 5.91 Å². The SMILES string of the molecule is CN(CC(=O)NCC#N)CC1(O)CCOCC1. The fourth-order valence-electron chi connectivity index (χ4n) is 1.91. The average Bonchev–Trinajstić information content (AvgIpc) is 2.26. The number of nitrogens with one attached hydrogen (secondary N) is 1. The molecule has 1 saturated heterocycles. The Labute approximate surface area is 101 Å². The van der Waals surface area contributed by atoms with Crippen LogP contribution in [-0.2, 0) is 9.53 Å². The third-order valence-electron chi connectivity index (χ3n) is 2.77. The molecule has 1 aliphatic heterocycles. The van der Waals surface area contributed by atoms with E-state index < -0.39 is 5.60 Å². The van der Waals surface area contributed by atoms with Crippen molar-refractivity contribution in [2.45, 2.75) is 18.4 Å². The van der Waals surface area contributed by atoms with Crippen molar-refractivity contribution in [3.05, 3.63) is 0 Å². The van der Waals surface area contributed by atoms with Crippen LogP contribution in [0.25, 0.3) is 0 Å². The minimum absolute atomic E-state index is 0.0186. The van der Waals surface area contributed by atoms with Gasteiger partial charge in [-0.1, -0.05) is 0 Å². The first-order valence-electron chi connectivity index (χ1n) is 5.68. The summed E-state index contributed by atoms with van der Waals surface area (Å²) in [7, 11) is 1.78. The van der Waals surface area contributed by atoms with E-state index in [0.29, 0.717) is 32.6 Å². The first-order valence-corrected chi connectivity index (χ1v) is 5.68. The Balaban J connectivity index is 2.30. The van der Waals surface area contributed by atoms with Gasteiger partial charge in [0.05, 0.1) is 18.2 Å². The molecule has 2 N–H and O–H groups in total. The smallest absolute Gasteiger partial charge is 0.234 e. The van der Waals surface area contributed by atoms with Gasteiger partial charge in [0.15, 0.2) is 0 Å². The Morgan fingerprint density at radius 2 is 2.24 bits per heavy atom. The second-order valence-corrected chi connectivity index (χ2v) is 4.44. The van der Waals surface area contributed by atoms with Crippen molar-refractivity contribution in [2.24, 2.45) is 0 Å². The van der Waals surface area contributed by atoms with Crippen molar-refractivity contribution in [3.63, 3.8) is 0 Å². The van der Waals surface area contributed by atoms with Crippen LogP contribution in [0.2, 0.25) is 0 Å². The van der Waals surface area contributed by atoms with E-state index in [1.165, 1.54) is 0 Å². The summed E-state index contributed by atoms with van der Waals surface area (Å²) in [5.74, 6) is -0.204. The second kappa shape index (κ2) is 6.55. The Bertz CT molecular complexity index is 295. The molecule has 0 unspecified atom stereocenters. The van der Waals surface area contributed by atoms with Gasteiger partial charge in [0.25, 0.3) is 0 Å². The van der Waals surface area contributed by atoms with Gasteiger partial charge < -0.3 is 15.2 Å². The van der Waals surface area contributed by atoms with E-state index in [-0.39, 0.29) is 19.0 Å². The molecule has 0 aromatic heterocycles. The number of carbonyl (C=O) groups is 1. The number of rotatable bonds is 5. The molecule has 1 rings (SSSR count). The molecule has 6 nitrogen and oxygen atoms in total. The Morgan fingerprint density at radius 1 is 1.59 bits per heavy atom. The summed E-state index contributed by atoms with van der Waals surface area (Å²) < 4.78 is 5.19. The monoisotopic (exact) mass is 241 g/mol. The second-order valence-electron chi connectivity index (χ2n) is 4.44. The number of hydrogen-bond acceptors (Lipinski definition) is 5. The highest BCUT2D eigenvalue weighted by Gasteiger charge is 2.31. The maximum atomic E-state index is 11.3. The lowest BCUT2D eigenvalue weighted by Crippen LogP contribution is -2.48. The van der Waals surface area contributed by atoms with Crippen molar-refractivity contribution in [3.8, 4) is 6.07 Å². The van der Waals surface area contributed by atoms with Gasteiger partial charge in [0, 0.05) is 32.6 Å². The van der Waals surface area contributed by atoms with Gasteiger partial charge in [-0.2, -0.15) is 5.26 Å². The molecule has 0 aromatic rings. The highest BCUT2D eigenvalue weighted by molar-refractivity contribution is 5.78. The van der Waals surface area contributed by atoms with Gasteiger partial charge in [-0.25, -0.2) is 0 Å². The van der Waals surface area contributed by atoms with Gasteiger partial charge in [-0.3, -0.25) is 9.69 Å². The number of aliphatic hydroxyl groups is 1. The summed E-state index contributed by atoms with van der Waals surface area (Å²) in [5.41, 5.74) is -0.761. The molecule has 0 spiro atoms. The Hall–Kier alpha value is -1.16.